The van der Waals surface area contributed by atoms with Crippen molar-refractivity contribution < 1.29 is 19.8 Å². The summed E-state index contributed by atoms with van der Waals surface area (Å²) in [6.45, 7) is 13.9. The Morgan fingerprint density at radius 2 is 1.65 bits per heavy atom. The van der Waals surface area contributed by atoms with Gasteiger partial charge < -0.3 is 10.2 Å². The minimum atomic E-state index is -0.616. The molecule has 34 heavy (non-hydrogen) atoms. The van der Waals surface area contributed by atoms with Crippen LogP contribution in [0, 0.1) is 50.2 Å². The van der Waals surface area contributed by atoms with Crippen LogP contribution in [0.5, 0.6) is 0 Å². The van der Waals surface area contributed by atoms with Gasteiger partial charge in [0, 0.05) is 23.9 Å². The monoisotopic (exact) mass is 470 g/mol. The van der Waals surface area contributed by atoms with Gasteiger partial charge in [0.25, 0.3) is 0 Å². The molecule has 0 aliphatic heterocycles. The molecule has 4 saturated carbocycles. The first-order valence-corrected chi connectivity index (χ1v) is 13.8. The van der Waals surface area contributed by atoms with Crippen LogP contribution in [0.2, 0.25) is 0 Å². The van der Waals surface area contributed by atoms with Crippen LogP contribution < -0.4 is 0 Å². The van der Waals surface area contributed by atoms with Crippen LogP contribution in [0.25, 0.3) is 0 Å². The van der Waals surface area contributed by atoms with Crippen molar-refractivity contribution in [3.8, 4) is 0 Å². The van der Waals surface area contributed by atoms with E-state index in [1.165, 1.54) is 5.57 Å². The van der Waals surface area contributed by atoms with Crippen LogP contribution in [0.4, 0.5) is 0 Å². The van der Waals surface area contributed by atoms with E-state index >= 15 is 0 Å². The molecule has 7 atom stereocenters. The fourth-order valence-electron chi connectivity index (χ4n) is 10.4. The highest BCUT2D eigenvalue weighted by atomic mass is 16.4. The van der Waals surface area contributed by atoms with E-state index in [9.17, 15) is 19.8 Å². The maximum Gasteiger partial charge on any atom is 0.310 e. The molecule has 0 aromatic heterocycles. The molecule has 5 aliphatic carbocycles. The zero-order chi connectivity index (χ0) is 24.9. The summed E-state index contributed by atoms with van der Waals surface area (Å²) < 4.78 is 0. The third-order valence-corrected chi connectivity index (χ3v) is 12.8. The first kappa shape index (κ1) is 24.5. The minimum Gasteiger partial charge on any atom is -0.481 e. The second kappa shape index (κ2) is 7.20. The maximum atomic E-state index is 12.9. The van der Waals surface area contributed by atoms with Gasteiger partial charge in [-0.1, -0.05) is 53.2 Å². The van der Waals surface area contributed by atoms with Gasteiger partial charge in [0.05, 0.1) is 5.41 Å². The molecule has 5 rings (SSSR count). The van der Waals surface area contributed by atoms with Gasteiger partial charge in [-0.2, -0.15) is 0 Å². The summed E-state index contributed by atoms with van der Waals surface area (Å²) >= 11 is 0. The highest BCUT2D eigenvalue weighted by Gasteiger charge is 2.70. The van der Waals surface area contributed by atoms with Crippen LogP contribution in [-0.4, -0.2) is 28.6 Å². The van der Waals surface area contributed by atoms with Crippen molar-refractivity contribution in [2.75, 3.05) is 6.61 Å². The Labute approximate surface area is 206 Å². The van der Waals surface area contributed by atoms with E-state index in [-0.39, 0.29) is 45.5 Å². The Bertz CT molecular complexity index is 945. The lowest BCUT2D eigenvalue weighted by atomic mass is 9.33. The van der Waals surface area contributed by atoms with Crippen molar-refractivity contribution in [1.82, 2.24) is 0 Å². The molecule has 0 saturated heterocycles. The van der Waals surface area contributed by atoms with Gasteiger partial charge in [0.15, 0.2) is 0 Å². The van der Waals surface area contributed by atoms with Gasteiger partial charge in [0.2, 0.25) is 0 Å². The Kier molecular flexibility index (Phi) is 5.20. The standard InChI is InChI=1S/C30H46O4/c1-25(2)13-15-29(24(33)34)16-14-27(5)19(20(29)17-25)7-8-22-28(27,6)11-9-21-26(3,4)23(32)10-12-30(21,22)18-31/h7,20-22,31H,8-18H2,1-6H3,(H,33,34). The molecule has 0 aromatic carbocycles. The van der Waals surface area contributed by atoms with Crippen molar-refractivity contribution in [1.29, 1.82) is 0 Å². The predicted molar refractivity (Wildman–Crippen MR) is 133 cm³/mol. The van der Waals surface area contributed by atoms with E-state index < -0.39 is 11.4 Å². The summed E-state index contributed by atoms with van der Waals surface area (Å²) in [6, 6.07) is 0. The number of ketones is 1. The number of aliphatic hydroxyl groups excluding tert-OH is 1. The summed E-state index contributed by atoms with van der Waals surface area (Å²) in [7, 11) is 0. The summed E-state index contributed by atoms with van der Waals surface area (Å²) in [5.41, 5.74) is 0.331. The number of rotatable bonds is 2. The van der Waals surface area contributed by atoms with Gasteiger partial charge in [-0.15, -0.1) is 0 Å². The lowest BCUT2D eigenvalue weighted by molar-refractivity contribution is -0.203. The molecular weight excluding hydrogens is 424 g/mol. The normalized spacial score (nSPS) is 49.1. The zero-order valence-electron chi connectivity index (χ0n) is 22.3. The molecule has 0 aromatic rings. The number of aliphatic carboxylic acids is 1. The molecule has 190 valence electrons. The fourth-order valence-corrected chi connectivity index (χ4v) is 10.4. The van der Waals surface area contributed by atoms with E-state index in [4.69, 9.17) is 0 Å². The highest BCUT2D eigenvalue weighted by Crippen LogP contribution is 2.75. The molecule has 2 N–H and O–H groups in total. The Morgan fingerprint density at radius 1 is 0.971 bits per heavy atom. The third-order valence-electron chi connectivity index (χ3n) is 12.8. The number of carboxylic acids is 1. The molecule has 5 aliphatic rings. The number of aliphatic hydroxyl groups is 1. The minimum absolute atomic E-state index is 0.0129. The molecular formula is C30H46O4. The van der Waals surface area contributed by atoms with Crippen molar-refractivity contribution in [3.05, 3.63) is 11.6 Å². The topological polar surface area (TPSA) is 74.6 Å². The lowest BCUT2D eigenvalue weighted by Crippen LogP contribution is -2.66. The van der Waals surface area contributed by atoms with E-state index in [2.05, 4.69) is 47.6 Å². The van der Waals surface area contributed by atoms with Crippen LogP contribution in [-0.2, 0) is 9.59 Å². The molecule has 0 heterocycles. The number of carbonyl (C=O) groups excluding carboxylic acids is 1. The largest absolute Gasteiger partial charge is 0.481 e. The van der Waals surface area contributed by atoms with Crippen molar-refractivity contribution in [3.63, 3.8) is 0 Å². The summed E-state index contributed by atoms with van der Waals surface area (Å²) in [5, 5.41) is 21.5. The second-order valence-electron chi connectivity index (χ2n) is 14.7. The predicted octanol–water partition coefficient (Wildman–Crippen LogP) is 6.41. The van der Waals surface area contributed by atoms with Crippen LogP contribution >= 0.6 is 0 Å². The van der Waals surface area contributed by atoms with Gasteiger partial charge in [-0.25, -0.2) is 0 Å². The number of allylic oxidation sites excluding steroid dienone is 2. The Hall–Kier alpha value is -1.16. The second-order valence-corrected chi connectivity index (χ2v) is 14.7. The Balaban J connectivity index is 1.62. The van der Waals surface area contributed by atoms with Crippen molar-refractivity contribution in [2.45, 2.75) is 106 Å². The van der Waals surface area contributed by atoms with Crippen molar-refractivity contribution in [2.24, 2.45) is 50.2 Å². The molecule has 0 bridgehead atoms. The van der Waals surface area contributed by atoms with Gasteiger partial charge in [0.1, 0.15) is 5.78 Å². The SMILES string of the molecule is CC1(C)CCC2(C(=O)O)CCC3(C)C(=CCC4C5(CO)CCC(=O)C(C)(C)C5CCC43C)C2C1. The van der Waals surface area contributed by atoms with Gasteiger partial charge in [-0.3, -0.25) is 9.59 Å². The molecule has 0 spiro atoms. The van der Waals surface area contributed by atoms with E-state index in [1.807, 2.05) is 0 Å². The van der Waals surface area contributed by atoms with E-state index in [0.29, 0.717) is 18.1 Å². The average molecular weight is 471 g/mol. The van der Waals surface area contributed by atoms with E-state index in [0.717, 1.165) is 57.8 Å². The lowest BCUT2D eigenvalue weighted by Gasteiger charge is -2.70. The summed E-state index contributed by atoms with van der Waals surface area (Å²) in [6.07, 6.45) is 11.2. The van der Waals surface area contributed by atoms with Crippen molar-refractivity contribution >= 4 is 11.8 Å². The molecule has 0 radical (unpaired) electrons. The third kappa shape index (κ3) is 2.81. The van der Waals surface area contributed by atoms with Crippen LogP contribution in [0.1, 0.15) is 106 Å². The van der Waals surface area contributed by atoms with Crippen LogP contribution in [0.15, 0.2) is 11.6 Å². The van der Waals surface area contributed by atoms with Gasteiger partial charge in [-0.05, 0) is 91.8 Å². The van der Waals surface area contributed by atoms with Gasteiger partial charge >= 0.3 is 5.97 Å². The first-order valence-electron chi connectivity index (χ1n) is 13.8. The smallest absolute Gasteiger partial charge is 0.310 e. The Morgan fingerprint density at radius 3 is 2.29 bits per heavy atom. The zero-order valence-corrected chi connectivity index (χ0v) is 22.3. The number of Topliss-reactive ketones (excluding diaryl/α,β-unsaturated/α-hetero) is 1. The van der Waals surface area contributed by atoms with Crippen LogP contribution in [0.3, 0.4) is 0 Å². The average Bonchev–Trinajstić information content (AvgIpc) is 2.76. The fraction of sp³-hybridized carbons (Fsp3) is 0.867. The summed E-state index contributed by atoms with van der Waals surface area (Å²) in [5.74, 6) is 0.428. The molecule has 4 nitrogen and oxygen atoms in total. The number of carbonyl (C=O) groups is 2. The number of hydrogen-bond acceptors (Lipinski definition) is 3. The first-order chi connectivity index (χ1) is 15.7. The molecule has 4 heteroatoms. The summed E-state index contributed by atoms with van der Waals surface area (Å²) in [4.78, 5) is 25.7. The number of hydrogen-bond donors (Lipinski definition) is 2. The quantitative estimate of drug-likeness (QED) is 0.457. The maximum absolute atomic E-state index is 12.9. The number of carboxylic acid groups (broad SMARTS) is 1. The molecule has 7 unspecified atom stereocenters. The molecule has 0 amide bonds. The van der Waals surface area contributed by atoms with E-state index in [1.54, 1.807) is 0 Å². The highest BCUT2D eigenvalue weighted by molar-refractivity contribution is 5.85. The number of fused-ring (bicyclic) bond motifs is 7. The molecule has 4 fully saturated rings.